The molecule has 0 fully saturated rings. The van der Waals surface area contributed by atoms with Gasteiger partial charge in [-0.25, -0.2) is 4.79 Å². The number of allylic oxidation sites excluding steroid dienone is 3. The molecule has 0 aliphatic heterocycles. The molecule has 0 saturated carbocycles. The Bertz CT molecular complexity index is 701. The van der Waals surface area contributed by atoms with Gasteiger partial charge in [-0.1, -0.05) is 39.0 Å². The van der Waals surface area contributed by atoms with Crippen LogP contribution in [0.15, 0.2) is 24.3 Å². The molecule has 0 aromatic heterocycles. The summed E-state index contributed by atoms with van der Waals surface area (Å²) in [4.78, 5) is 24.8. The van der Waals surface area contributed by atoms with Crippen LogP contribution in [0.4, 0.5) is 4.79 Å². The summed E-state index contributed by atoms with van der Waals surface area (Å²) < 4.78 is 34.0. The maximum Gasteiger partial charge on any atom is 0 e. The van der Waals surface area contributed by atoms with Gasteiger partial charge in [0, 0.05) is 17.1 Å². The summed E-state index contributed by atoms with van der Waals surface area (Å²) >= 11 is 0. The van der Waals surface area contributed by atoms with Crippen LogP contribution >= 0.6 is 0 Å². The van der Waals surface area contributed by atoms with Gasteiger partial charge >= 0.3 is 40.0 Å². The summed E-state index contributed by atoms with van der Waals surface area (Å²) in [5.74, 6) is -0.429. The van der Waals surface area contributed by atoms with Crippen molar-refractivity contribution < 1.29 is 54.9 Å². The van der Waals surface area contributed by atoms with Crippen molar-refractivity contribution in [3.8, 4) is 0 Å². The molecule has 0 unspecified atom stereocenters. The number of carbonyl (C=O) groups excluding carboxylic acids is 2. The van der Waals surface area contributed by atoms with E-state index >= 15 is 0 Å². The summed E-state index contributed by atoms with van der Waals surface area (Å²) in [6.07, 6.45) is 3.75. The Labute approximate surface area is 221 Å². The third-order valence-corrected chi connectivity index (χ3v) is 9.23. The number of ether oxygens (including phenoxy) is 1. The van der Waals surface area contributed by atoms with Gasteiger partial charge in [-0.3, -0.25) is 4.79 Å². The molecule has 0 aromatic rings. The molecular formula is C24H39FeNO8Si. The van der Waals surface area contributed by atoms with Crippen molar-refractivity contribution in [3.63, 3.8) is 0 Å². The van der Waals surface area contributed by atoms with Crippen LogP contribution in [0.5, 0.6) is 0 Å². The summed E-state index contributed by atoms with van der Waals surface area (Å²) in [5, 5.41) is 13.3. The molecule has 3 atom stereocenters. The number of carbonyl (C=O) groups is 2. The van der Waals surface area contributed by atoms with Crippen molar-refractivity contribution >= 4 is 20.2 Å². The molecule has 0 aliphatic carbocycles. The second kappa shape index (κ2) is 21.6. The normalized spacial score (nSPS) is 13.6. The van der Waals surface area contributed by atoms with Gasteiger partial charge < -0.3 is 19.6 Å². The van der Waals surface area contributed by atoms with Crippen LogP contribution in [0.3, 0.4) is 0 Å². The first kappa shape index (κ1) is 43.4. The summed E-state index contributed by atoms with van der Waals surface area (Å²) in [5.41, 5.74) is -0.716. The van der Waals surface area contributed by atoms with E-state index in [1.54, 1.807) is 45.9 Å². The Morgan fingerprint density at radius 3 is 1.74 bits per heavy atom. The fourth-order valence-electron chi connectivity index (χ4n) is 2.11. The zero-order chi connectivity index (χ0) is 28.3. The van der Waals surface area contributed by atoms with Crippen molar-refractivity contribution in [2.75, 3.05) is 0 Å². The number of aliphatic hydroxyl groups is 1. The fraction of sp³-hybridized carbons (Fsp3) is 0.625. The molecule has 0 rings (SSSR count). The molecule has 200 valence electrons. The van der Waals surface area contributed by atoms with Crippen LogP contribution in [0, 0.1) is 20.0 Å². The zero-order valence-corrected chi connectivity index (χ0v) is 24.3. The smallest absolute Gasteiger partial charge is 0 e. The molecule has 0 spiro atoms. The Kier molecular flexibility index (Phi) is 26.7. The maximum absolute atomic E-state index is 12.6. The van der Waals surface area contributed by atoms with Gasteiger partial charge in [-0.15, -0.1) is 0 Å². The Hall–Kier alpha value is -1.70. The van der Waals surface area contributed by atoms with E-state index in [4.69, 9.17) is 23.1 Å². The third kappa shape index (κ3) is 20.2. The largest absolute Gasteiger partial charge is 0 e. The first-order chi connectivity index (χ1) is 15.5. The summed E-state index contributed by atoms with van der Waals surface area (Å²) in [6, 6.07) is -1.17. The SMILES string of the molecule is C/C=C/C=C/C(=O)[C@@H](NC(=O)OC(C)(C)C)[C@H](O)[C@@H](C)O[Si](C)(C)C(C)(C)C.[C-]#[O+].[C-]#[O+].[C-]#[O+].[Fe]. The Morgan fingerprint density at radius 2 is 1.40 bits per heavy atom. The standard InChI is InChI=1S/C21H39NO5Si.3CO.Fe/c1-11-12-13-14-16(23)17(22-19(25)26-20(3,4)5)18(24)15(2)27-28(9,10)21(6,7)8;3*1-2;/h11-15,17-18,24H,1-10H3,(H,22,25);;;;/b12-11+,14-13+;;;;/t15-,17-,18-;;;;/m1..../s1. The minimum absolute atomic E-state index is 0. The van der Waals surface area contributed by atoms with Gasteiger partial charge in [0.15, 0.2) is 14.1 Å². The van der Waals surface area contributed by atoms with Crippen LogP contribution in [-0.2, 0) is 45.0 Å². The van der Waals surface area contributed by atoms with Gasteiger partial charge in [0.05, 0.1) is 6.10 Å². The van der Waals surface area contributed by atoms with E-state index in [-0.39, 0.29) is 22.1 Å². The van der Waals surface area contributed by atoms with E-state index in [1.165, 1.54) is 6.08 Å². The molecule has 9 nitrogen and oxygen atoms in total. The summed E-state index contributed by atoms with van der Waals surface area (Å²) in [6.45, 7) is 32.7. The Morgan fingerprint density at radius 1 is 0.971 bits per heavy atom. The average Bonchev–Trinajstić information content (AvgIpc) is 2.73. The van der Waals surface area contributed by atoms with Crippen LogP contribution in [0.25, 0.3) is 0 Å². The van der Waals surface area contributed by atoms with Crippen molar-refractivity contribution in [2.24, 2.45) is 0 Å². The molecule has 11 heteroatoms. The number of ketones is 1. The van der Waals surface area contributed by atoms with Gasteiger partial charge in [0.2, 0.25) is 0 Å². The number of nitrogens with one attached hydrogen (secondary N) is 1. The van der Waals surface area contributed by atoms with Crippen LogP contribution < -0.4 is 5.32 Å². The number of rotatable bonds is 8. The monoisotopic (exact) mass is 553 g/mol. The molecule has 2 N–H and O–H groups in total. The third-order valence-electron chi connectivity index (χ3n) is 4.65. The molecule has 35 heavy (non-hydrogen) atoms. The van der Waals surface area contributed by atoms with Gasteiger partial charge in [0.1, 0.15) is 17.7 Å². The second-order valence-electron chi connectivity index (χ2n) is 9.49. The number of aliphatic hydroxyl groups excluding tert-OH is 1. The van der Waals surface area contributed by atoms with E-state index in [2.05, 4.69) is 59.1 Å². The quantitative estimate of drug-likeness (QED) is 0.152. The molecule has 0 aromatic carbocycles. The predicted octanol–water partition coefficient (Wildman–Crippen LogP) is 4.24. The van der Waals surface area contributed by atoms with Crippen molar-refractivity contribution in [1.29, 1.82) is 0 Å². The Balaban J connectivity index is -0.000000395. The minimum Gasteiger partial charge on any atom is 0 e. The van der Waals surface area contributed by atoms with Gasteiger partial charge in [-0.05, 0) is 58.8 Å². The van der Waals surface area contributed by atoms with Crippen molar-refractivity contribution in [2.45, 2.75) is 97.4 Å². The molecule has 0 aliphatic rings. The van der Waals surface area contributed by atoms with E-state index < -0.39 is 44.0 Å². The molecule has 0 heterocycles. The van der Waals surface area contributed by atoms with Gasteiger partial charge in [-0.2, -0.15) is 0 Å². The topological polar surface area (TPSA) is 145 Å². The molecule has 0 saturated heterocycles. The van der Waals surface area contributed by atoms with E-state index in [1.807, 2.05) is 6.92 Å². The van der Waals surface area contributed by atoms with E-state index in [0.29, 0.717) is 0 Å². The van der Waals surface area contributed by atoms with Gasteiger partial charge in [0.25, 0.3) is 0 Å². The maximum atomic E-state index is 12.6. The van der Waals surface area contributed by atoms with E-state index in [0.717, 1.165) is 0 Å². The average molecular weight is 554 g/mol. The van der Waals surface area contributed by atoms with Crippen LogP contribution in [-0.4, -0.2) is 49.2 Å². The minimum atomic E-state index is -2.17. The molecule has 0 radical (unpaired) electrons. The zero-order valence-electron chi connectivity index (χ0n) is 22.2. The summed E-state index contributed by atoms with van der Waals surface area (Å²) in [7, 11) is -2.17. The number of amides is 1. The molecule has 0 bridgehead atoms. The van der Waals surface area contributed by atoms with Crippen molar-refractivity contribution in [3.05, 3.63) is 44.3 Å². The molecular weight excluding hydrogens is 514 g/mol. The molecule has 1 amide bonds. The van der Waals surface area contributed by atoms with E-state index in [9.17, 15) is 14.7 Å². The van der Waals surface area contributed by atoms with Crippen molar-refractivity contribution in [1.82, 2.24) is 5.32 Å². The van der Waals surface area contributed by atoms with Crippen LogP contribution in [0.1, 0.15) is 55.4 Å². The first-order valence-corrected chi connectivity index (χ1v) is 13.2. The first-order valence-electron chi connectivity index (χ1n) is 10.3. The number of alkyl carbamates (subject to hydrolysis) is 1. The number of hydrogen-bond donors (Lipinski definition) is 2. The van der Waals surface area contributed by atoms with Crippen LogP contribution in [0.2, 0.25) is 18.1 Å². The number of hydrogen-bond acceptors (Lipinski definition) is 5. The second-order valence-corrected chi connectivity index (χ2v) is 14.2. The predicted molar refractivity (Wildman–Crippen MR) is 128 cm³/mol. The fourth-order valence-corrected chi connectivity index (χ4v) is 3.53.